The summed E-state index contributed by atoms with van der Waals surface area (Å²) < 4.78 is 24.4. The zero-order valence-corrected chi connectivity index (χ0v) is 11.8. The Labute approximate surface area is 122 Å². The Hall–Kier alpha value is -1.78. The molecule has 2 N–H and O–H groups in total. The predicted octanol–water partition coefficient (Wildman–Crippen LogP) is 3.53. The van der Waals surface area contributed by atoms with Crippen molar-refractivity contribution in [1.82, 2.24) is 0 Å². The Bertz CT molecular complexity index is 604. The molecule has 5 heteroatoms. The fraction of sp³-hybridized carbons (Fsp3) is 0.200. The summed E-state index contributed by atoms with van der Waals surface area (Å²) in [6, 6.07) is 9.87. The molecule has 0 fully saturated rings. The number of halogens is 2. The minimum Gasteiger partial charge on any atom is -0.496 e. The topological polar surface area (TPSA) is 44.5 Å². The summed E-state index contributed by atoms with van der Waals surface area (Å²) in [5.41, 5.74) is 6.66. The highest BCUT2D eigenvalue weighted by Gasteiger charge is 2.07. The van der Waals surface area contributed by atoms with Gasteiger partial charge < -0.3 is 15.2 Å². The largest absolute Gasteiger partial charge is 0.496 e. The molecular weight excluding hydrogens is 281 g/mol. The fourth-order valence-electron chi connectivity index (χ4n) is 1.80. The van der Waals surface area contributed by atoms with Gasteiger partial charge in [0.1, 0.15) is 23.9 Å². The number of rotatable bonds is 5. The summed E-state index contributed by atoms with van der Waals surface area (Å²) in [5.74, 6) is 0.734. The molecule has 0 aliphatic carbocycles. The lowest BCUT2D eigenvalue weighted by molar-refractivity contribution is 0.295. The second-order valence-corrected chi connectivity index (χ2v) is 4.64. The molecular formula is C15H15ClFNO2. The van der Waals surface area contributed by atoms with Gasteiger partial charge in [-0.05, 0) is 24.3 Å². The van der Waals surface area contributed by atoms with Crippen molar-refractivity contribution in [3.05, 3.63) is 58.4 Å². The summed E-state index contributed by atoms with van der Waals surface area (Å²) >= 11 is 5.94. The van der Waals surface area contributed by atoms with E-state index in [1.54, 1.807) is 37.4 Å². The molecule has 0 aliphatic rings. The molecule has 0 saturated heterocycles. The molecule has 2 aromatic rings. The summed E-state index contributed by atoms with van der Waals surface area (Å²) in [5, 5.41) is 0.592. The molecule has 0 aliphatic heterocycles. The van der Waals surface area contributed by atoms with Crippen molar-refractivity contribution >= 4 is 11.6 Å². The lowest BCUT2D eigenvalue weighted by atomic mass is 10.2. The van der Waals surface area contributed by atoms with Gasteiger partial charge in [0.15, 0.2) is 0 Å². The standard InChI is InChI=1S/C15H15ClFNO2/c1-19-15-5-3-12(16)6-11(15)9-20-13-4-2-10(8-18)14(17)7-13/h2-7H,8-9,18H2,1H3. The molecule has 0 bridgehead atoms. The minimum atomic E-state index is -0.372. The zero-order valence-electron chi connectivity index (χ0n) is 11.0. The van der Waals surface area contributed by atoms with E-state index in [1.165, 1.54) is 6.07 Å². The lowest BCUT2D eigenvalue weighted by Crippen LogP contribution is -2.02. The molecule has 0 heterocycles. The van der Waals surface area contributed by atoms with E-state index in [4.69, 9.17) is 26.8 Å². The van der Waals surface area contributed by atoms with Crippen molar-refractivity contribution in [1.29, 1.82) is 0 Å². The van der Waals surface area contributed by atoms with E-state index in [1.807, 2.05) is 0 Å². The van der Waals surface area contributed by atoms with Crippen LogP contribution in [0.5, 0.6) is 11.5 Å². The van der Waals surface area contributed by atoms with E-state index in [2.05, 4.69) is 0 Å². The van der Waals surface area contributed by atoms with Crippen molar-refractivity contribution in [2.24, 2.45) is 5.73 Å². The molecule has 2 aromatic carbocycles. The normalized spacial score (nSPS) is 10.4. The molecule has 2 rings (SSSR count). The average Bonchev–Trinajstić information content (AvgIpc) is 2.45. The van der Waals surface area contributed by atoms with Crippen LogP contribution >= 0.6 is 11.6 Å². The number of ether oxygens (including phenoxy) is 2. The van der Waals surface area contributed by atoms with Gasteiger partial charge in [-0.3, -0.25) is 0 Å². The highest BCUT2D eigenvalue weighted by atomic mass is 35.5. The van der Waals surface area contributed by atoms with Gasteiger partial charge in [0, 0.05) is 28.8 Å². The summed E-state index contributed by atoms with van der Waals surface area (Å²) in [7, 11) is 1.57. The summed E-state index contributed by atoms with van der Waals surface area (Å²) in [6.07, 6.45) is 0. The van der Waals surface area contributed by atoms with E-state index >= 15 is 0 Å². The zero-order chi connectivity index (χ0) is 14.5. The lowest BCUT2D eigenvalue weighted by Gasteiger charge is -2.11. The first kappa shape index (κ1) is 14.6. The van der Waals surface area contributed by atoms with E-state index < -0.39 is 0 Å². The van der Waals surface area contributed by atoms with Gasteiger partial charge in [-0.25, -0.2) is 4.39 Å². The fourth-order valence-corrected chi connectivity index (χ4v) is 2.00. The van der Waals surface area contributed by atoms with Crippen LogP contribution in [0.15, 0.2) is 36.4 Å². The monoisotopic (exact) mass is 295 g/mol. The van der Waals surface area contributed by atoms with Crippen LogP contribution in [-0.2, 0) is 13.2 Å². The number of methoxy groups -OCH3 is 1. The van der Waals surface area contributed by atoms with Crippen LogP contribution in [0, 0.1) is 5.82 Å². The Balaban J connectivity index is 2.12. The van der Waals surface area contributed by atoms with Crippen LogP contribution in [0.1, 0.15) is 11.1 Å². The minimum absolute atomic E-state index is 0.161. The van der Waals surface area contributed by atoms with E-state index in [0.717, 1.165) is 5.56 Å². The molecule has 106 valence electrons. The molecule has 20 heavy (non-hydrogen) atoms. The van der Waals surface area contributed by atoms with Crippen LogP contribution in [0.25, 0.3) is 0 Å². The van der Waals surface area contributed by atoms with Gasteiger partial charge in [-0.2, -0.15) is 0 Å². The van der Waals surface area contributed by atoms with Crippen molar-refractivity contribution in [2.75, 3.05) is 7.11 Å². The van der Waals surface area contributed by atoms with Crippen molar-refractivity contribution < 1.29 is 13.9 Å². The van der Waals surface area contributed by atoms with Gasteiger partial charge in [0.05, 0.1) is 7.11 Å². The molecule has 0 saturated carbocycles. The second kappa shape index (κ2) is 6.59. The van der Waals surface area contributed by atoms with Gasteiger partial charge in [0.25, 0.3) is 0 Å². The highest BCUT2D eigenvalue weighted by molar-refractivity contribution is 6.30. The Morgan fingerprint density at radius 3 is 2.60 bits per heavy atom. The first-order valence-electron chi connectivity index (χ1n) is 6.07. The van der Waals surface area contributed by atoms with Crippen LogP contribution in [0.2, 0.25) is 5.02 Å². The van der Waals surface area contributed by atoms with Crippen molar-refractivity contribution in [2.45, 2.75) is 13.2 Å². The third-order valence-electron chi connectivity index (χ3n) is 2.88. The van der Waals surface area contributed by atoms with Crippen LogP contribution in [0.3, 0.4) is 0 Å². The van der Waals surface area contributed by atoms with E-state index in [9.17, 15) is 4.39 Å². The molecule has 0 atom stereocenters. The molecule has 0 spiro atoms. The maximum absolute atomic E-state index is 13.6. The van der Waals surface area contributed by atoms with Crippen molar-refractivity contribution in [3.8, 4) is 11.5 Å². The van der Waals surface area contributed by atoms with E-state index in [0.29, 0.717) is 22.1 Å². The third kappa shape index (κ3) is 3.40. The predicted molar refractivity (Wildman–Crippen MR) is 76.6 cm³/mol. The van der Waals surface area contributed by atoms with E-state index in [-0.39, 0.29) is 19.0 Å². The van der Waals surface area contributed by atoms with Gasteiger partial charge in [0.2, 0.25) is 0 Å². The maximum atomic E-state index is 13.6. The maximum Gasteiger partial charge on any atom is 0.131 e. The Morgan fingerprint density at radius 2 is 1.95 bits per heavy atom. The number of hydrogen-bond acceptors (Lipinski definition) is 3. The van der Waals surface area contributed by atoms with Gasteiger partial charge in [-0.1, -0.05) is 17.7 Å². The second-order valence-electron chi connectivity index (χ2n) is 4.20. The van der Waals surface area contributed by atoms with Crippen LogP contribution in [-0.4, -0.2) is 7.11 Å². The quantitative estimate of drug-likeness (QED) is 0.918. The average molecular weight is 296 g/mol. The smallest absolute Gasteiger partial charge is 0.131 e. The van der Waals surface area contributed by atoms with Gasteiger partial charge in [-0.15, -0.1) is 0 Å². The van der Waals surface area contributed by atoms with Crippen molar-refractivity contribution in [3.63, 3.8) is 0 Å². The summed E-state index contributed by atoms with van der Waals surface area (Å²) in [6.45, 7) is 0.402. The molecule has 3 nitrogen and oxygen atoms in total. The van der Waals surface area contributed by atoms with Crippen LogP contribution in [0.4, 0.5) is 4.39 Å². The van der Waals surface area contributed by atoms with Crippen LogP contribution < -0.4 is 15.2 Å². The molecule has 0 unspecified atom stereocenters. The number of hydrogen-bond donors (Lipinski definition) is 1. The first-order valence-corrected chi connectivity index (χ1v) is 6.45. The first-order chi connectivity index (χ1) is 9.63. The number of nitrogens with two attached hydrogens (primary N) is 1. The van der Waals surface area contributed by atoms with Gasteiger partial charge >= 0.3 is 0 Å². The molecule has 0 aromatic heterocycles. The Kier molecular flexibility index (Phi) is 4.82. The molecule has 0 amide bonds. The highest BCUT2D eigenvalue weighted by Crippen LogP contribution is 2.25. The Morgan fingerprint density at radius 1 is 1.15 bits per heavy atom. The summed E-state index contributed by atoms with van der Waals surface area (Å²) in [4.78, 5) is 0. The molecule has 0 radical (unpaired) electrons. The third-order valence-corrected chi connectivity index (χ3v) is 3.12. The SMILES string of the molecule is COc1ccc(Cl)cc1COc1ccc(CN)c(F)c1. The number of benzene rings is 2.